The number of methoxy groups -OCH3 is 1. The van der Waals surface area contributed by atoms with Crippen LogP contribution in [0.3, 0.4) is 0 Å². The van der Waals surface area contributed by atoms with Gasteiger partial charge in [-0.1, -0.05) is 56.7 Å². The number of nitrogens with one attached hydrogen (secondary N) is 1. The molecule has 1 spiro atoms. The number of likely N-dealkylation sites (tertiary alicyclic amines) is 1. The molecule has 4 rings (SSSR count). The van der Waals surface area contributed by atoms with Crippen LogP contribution in [0.5, 0.6) is 5.75 Å². The molecule has 2 aromatic rings. The summed E-state index contributed by atoms with van der Waals surface area (Å²) in [6, 6.07) is 17.3. The van der Waals surface area contributed by atoms with Crippen LogP contribution in [0.1, 0.15) is 49.0 Å². The second kappa shape index (κ2) is 9.33. The van der Waals surface area contributed by atoms with Crippen LogP contribution >= 0.6 is 0 Å². The maximum absolute atomic E-state index is 13.5. The van der Waals surface area contributed by atoms with Gasteiger partial charge in [0, 0.05) is 38.0 Å². The van der Waals surface area contributed by atoms with Crippen LogP contribution in [0.25, 0.3) is 0 Å². The van der Waals surface area contributed by atoms with Crippen molar-refractivity contribution in [3.8, 4) is 5.75 Å². The Bertz CT molecular complexity index is 954. The number of carbonyl (C=O) groups is 2. The highest BCUT2D eigenvalue weighted by Gasteiger charge is 2.52. The number of carbonyl (C=O) groups excluding carboxylic acids is 2. The first-order chi connectivity index (χ1) is 15.5. The standard InChI is InChI=1S/C26H33N3O3/c1-4-19(2)23-25(31)29(18-20-9-6-5-7-10-20)26(27-23)13-15-28(16-14-26)24(30)21-11-8-12-22(17-21)32-3/h5-12,17,19,23,27H,4,13-16,18H2,1-3H3. The van der Waals surface area contributed by atoms with E-state index in [9.17, 15) is 9.59 Å². The van der Waals surface area contributed by atoms with E-state index in [-0.39, 0.29) is 23.8 Å². The van der Waals surface area contributed by atoms with Crippen molar-refractivity contribution < 1.29 is 14.3 Å². The number of hydrogen-bond acceptors (Lipinski definition) is 4. The van der Waals surface area contributed by atoms with Crippen LogP contribution in [0.15, 0.2) is 54.6 Å². The predicted molar refractivity (Wildman–Crippen MR) is 124 cm³/mol. The summed E-state index contributed by atoms with van der Waals surface area (Å²) in [5.41, 5.74) is 1.35. The first-order valence-electron chi connectivity index (χ1n) is 11.5. The summed E-state index contributed by atoms with van der Waals surface area (Å²) in [7, 11) is 1.60. The molecule has 1 N–H and O–H groups in total. The summed E-state index contributed by atoms with van der Waals surface area (Å²) in [6.45, 7) is 6.06. The minimum atomic E-state index is -0.411. The van der Waals surface area contributed by atoms with Gasteiger partial charge in [0.05, 0.1) is 18.8 Å². The van der Waals surface area contributed by atoms with Crippen molar-refractivity contribution in [3.63, 3.8) is 0 Å². The molecule has 2 aliphatic rings. The van der Waals surface area contributed by atoms with Gasteiger partial charge in [0.2, 0.25) is 5.91 Å². The van der Waals surface area contributed by atoms with E-state index in [0.29, 0.717) is 43.8 Å². The van der Waals surface area contributed by atoms with E-state index in [0.717, 1.165) is 12.0 Å². The fourth-order valence-corrected chi connectivity index (χ4v) is 4.86. The van der Waals surface area contributed by atoms with Crippen LogP contribution in [0.2, 0.25) is 0 Å². The van der Waals surface area contributed by atoms with E-state index >= 15 is 0 Å². The van der Waals surface area contributed by atoms with Gasteiger partial charge in [0.25, 0.3) is 5.91 Å². The number of rotatable bonds is 6. The minimum Gasteiger partial charge on any atom is -0.497 e. The molecule has 2 aliphatic heterocycles. The lowest BCUT2D eigenvalue weighted by atomic mass is 9.94. The summed E-state index contributed by atoms with van der Waals surface area (Å²) in [5, 5.41) is 3.71. The maximum atomic E-state index is 13.5. The lowest BCUT2D eigenvalue weighted by Crippen LogP contribution is -2.59. The third kappa shape index (κ3) is 4.24. The Kier molecular flexibility index (Phi) is 6.51. The molecule has 2 saturated heterocycles. The van der Waals surface area contributed by atoms with Gasteiger partial charge in [-0.2, -0.15) is 0 Å². The highest BCUT2D eigenvalue weighted by atomic mass is 16.5. The zero-order valence-electron chi connectivity index (χ0n) is 19.2. The van der Waals surface area contributed by atoms with Crippen LogP contribution in [-0.4, -0.2) is 53.5 Å². The molecule has 0 saturated carbocycles. The predicted octanol–water partition coefficient (Wildman–Crippen LogP) is 3.67. The highest BCUT2D eigenvalue weighted by molar-refractivity contribution is 5.94. The van der Waals surface area contributed by atoms with Crippen molar-refractivity contribution in [1.82, 2.24) is 15.1 Å². The molecule has 6 heteroatoms. The van der Waals surface area contributed by atoms with Gasteiger partial charge >= 0.3 is 0 Å². The van der Waals surface area contributed by atoms with Gasteiger partial charge in [0.15, 0.2) is 0 Å². The van der Waals surface area contributed by atoms with E-state index in [1.807, 2.05) is 46.2 Å². The van der Waals surface area contributed by atoms with Crippen molar-refractivity contribution in [1.29, 1.82) is 0 Å². The zero-order chi connectivity index (χ0) is 22.7. The van der Waals surface area contributed by atoms with Gasteiger partial charge in [-0.3, -0.25) is 14.9 Å². The topological polar surface area (TPSA) is 61.9 Å². The van der Waals surface area contributed by atoms with E-state index in [1.54, 1.807) is 13.2 Å². The van der Waals surface area contributed by atoms with E-state index in [4.69, 9.17) is 4.74 Å². The Morgan fingerprint density at radius 2 is 1.88 bits per heavy atom. The summed E-state index contributed by atoms with van der Waals surface area (Å²) in [5.74, 6) is 1.13. The second-order valence-corrected chi connectivity index (χ2v) is 8.97. The van der Waals surface area contributed by atoms with E-state index in [2.05, 4.69) is 31.3 Å². The first-order valence-corrected chi connectivity index (χ1v) is 11.5. The quantitative estimate of drug-likeness (QED) is 0.752. The van der Waals surface area contributed by atoms with Crippen LogP contribution in [0, 0.1) is 5.92 Å². The molecule has 0 radical (unpaired) electrons. The first kappa shape index (κ1) is 22.3. The summed E-state index contributed by atoms with van der Waals surface area (Å²) < 4.78 is 5.27. The number of piperidine rings is 1. The maximum Gasteiger partial charge on any atom is 0.253 e. The Morgan fingerprint density at radius 3 is 2.53 bits per heavy atom. The Labute approximate surface area is 190 Å². The minimum absolute atomic E-state index is 0.0103. The normalized spacial score (nSPS) is 21.1. The SMILES string of the molecule is CCC(C)C1NC2(CCN(C(=O)c3cccc(OC)c3)CC2)N(Cc2ccccc2)C1=O. The molecule has 2 atom stereocenters. The Morgan fingerprint density at radius 1 is 1.16 bits per heavy atom. The number of ether oxygens (including phenoxy) is 1. The number of benzene rings is 2. The Hall–Kier alpha value is -2.86. The monoisotopic (exact) mass is 435 g/mol. The third-order valence-corrected chi connectivity index (χ3v) is 7.06. The number of amides is 2. The van der Waals surface area contributed by atoms with Gasteiger partial charge in [-0.05, 0) is 29.7 Å². The van der Waals surface area contributed by atoms with Crippen LogP contribution < -0.4 is 10.1 Å². The van der Waals surface area contributed by atoms with Crippen LogP contribution in [-0.2, 0) is 11.3 Å². The third-order valence-electron chi connectivity index (χ3n) is 7.06. The number of nitrogens with zero attached hydrogens (tertiary/aromatic N) is 2. The molecule has 6 nitrogen and oxygen atoms in total. The fourth-order valence-electron chi connectivity index (χ4n) is 4.86. The van der Waals surface area contributed by atoms with Gasteiger partial charge < -0.3 is 14.5 Å². The smallest absolute Gasteiger partial charge is 0.253 e. The number of hydrogen-bond donors (Lipinski definition) is 1. The van der Waals surface area contributed by atoms with Crippen molar-refractivity contribution >= 4 is 11.8 Å². The van der Waals surface area contributed by atoms with Gasteiger partial charge in [-0.15, -0.1) is 0 Å². The molecule has 2 amide bonds. The lowest BCUT2D eigenvalue weighted by Gasteiger charge is -2.45. The lowest BCUT2D eigenvalue weighted by molar-refractivity contribution is -0.134. The van der Waals surface area contributed by atoms with E-state index < -0.39 is 5.66 Å². The molecule has 0 bridgehead atoms. The summed E-state index contributed by atoms with van der Waals surface area (Å²) in [6.07, 6.45) is 2.38. The molecule has 0 aromatic heterocycles. The molecular formula is C26H33N3O3. The molecule has 170 valence electrons. The molecule has 2 fully saturated rings. The largest absolute Gasteiger partial charge is 0.497 e. The van der Waals surface area contributed by atoms with Gasteiger partial charge in [-0.25, -0.2) is 0 Å². The molecule has 32 heavy (non-hydrogen) atoms. The molecule has 2 unspecified atom stereocenters. The summed E-state index contributed by atoms with van der Waals surface area (Å²) in [4.78, 5) is 30.5. The van der Waals surface area contributed by atoms with Crippen molar-refractivity contribution in [2.75, 3.05) is 20.2 Å². The van der Waals surface area contributed by atoms with Crippen molar-refractivity contribution in [2.45, 2.75) is 51.4 Å². The Balaban J connectivity index is 1.53. The van der Waals surface area contributed by atoms with Crippen molar-refractivity contribution in [3.05, 3.63) is 65.7 Å². The molecule has 0 aliphatic carbocycles. The second-order valence-electron chi connectivity index (χ2n) is 8.97. The zero-order valence-corrected chi connectivity index (χ0v) is 19.2. The summed E-state index contributed by atoms with van der Waals surface area (Å²) >= 11 is 0. The average Bonchev–Trinajstić information content (AvgIpc) is 3.10. The van der Waals surface area contributed by atoms with E-state index in [1.165, 1.54) is 0 Å². The molecular weight excluding hydrogens is 402 g/mol. The van der Waals surface area contributed by atoms with Gasteiger partial charge in [0.1, 0.15) is 5.75 Å². The highest BCUT2D eigenvalue weighted by Crippen LogP contribution is 2.36. The van der Waals surface area contributed by atoms with Crippen LogP contribution in [0.4, 0.5) is 0 Å². The molecule has 2 heterocycles. The molecule has 2 aromatic carbocycles. The average molecular weight is 436 g/mol. The van der Waals surface area contributed by atoms with Crippen molar-refractivity contribution in [2.24, 2.45) is 5.92 Å². The fraction of sp³-hybridized carbons (Fsp3) is 0.462.